The van der Waals surface area contributed by atoms with Crippen LogP contribution in [-0.4, -0.2) is 20.4 Å². The van der Waals surface area contributed by atoms with Crippen LogP contribution in [0.25, 0.3) is 22.5 Å². The lowest BCUT2D eigenvalue weighted by molar-refractivity contribution is 0.301. The second kappa shape index (κ2) is 13.8. The Morgan fingerprint density at radius 2 is 1.43 bits per heavy atom. The molecular formula is C33H23BrI2N2O4. The van der Waals surface area contributed by atoms with E-state index in [1.807, 2.05) is 84.9 Å². The molecule has 0 saturated heterocycles. The Labute approximate surface area is 279 Å². The molecule has 0 N–H and O–H groups in total. The molecule has 5 rings (SSSR count). The molecular weight excluding hydrogens is 822 g/mol. The third-order valence-electron chi connectivity index (χ3n) is 6.38. The van der Waals surface area contributed by atoms with E-state index in [2.05, 4.69) is 72.2 Å². The summed E-state index contributed by atoms with van der Waals surface area (Å²) in [6, 6.07) is 29.4. The molecule has 210 valence electrons. The highest BCUT2D eigenvalue weighted by Gasteiger charge is 2.23. The maximum Gasteiger partial charge on any atom is 0.238 e. The smallest absolute Gasteiger partial charge is 0.238 e. The zero-order valence-electron chi connectivity index (χ0n) is 22.5. The summed E-state index contributed by atoms with van der Waals surface area (Å²) in [6.07, 6.45) is 1.71. The Bertz CT molecular complexity index is 1750. The van der Waals surface area contributed by atoms with Gasteiger partial charge in [0.15, 0.2) is 0 Å². The van der Waals surface area contributed by atoms with Gasteiger partial charge in [0, 0.05) is 21.8 Å². The van der Waals surface area contributed by atoms with E-state index in [0.717, 1.165) is 51.1 Å². The molecule has 0 amide bonds. The van der Waals surface area contributed by atoms with E-state index in [4.69, 9.17) is 18.6 Å². The molecule has 0 aliphatic carbocycles. The maximum absolute atomic E-state index is 10.2. The van der Waals surface area contributed by atoms with Crippen molar-refractivity contribution >= 4 is 73.2 Å². The molecule has 0 aliphatic rings. The summed E-state index contributed by atoms with van der Waals surface area (Å²) in [7, 11) is 3.24. The minimum absolute atomic E-state index is 0.231. The molecule has 42 heavy (non-hydrogen) atoms. The predicted molar refractivity (Wildman–Crippen MR) is 185 cm³/mol. The van der Waals surface area contributed by atoms with Crippen molar-refractivity contribution in [1.82, 2.24) is 0 Å². The van der Waals surface area contributed by atoms with Crippen LogP contribution < -0.4 is 14.2 Å². The quantitative estimate of drug-likeness (QED) is 0.109. The highest BCUT2D eigenvalue weighted by molar-refractivity contribution is 14.1. The molecule has 0 fully saturated rings. The van der Waals surface area contributed by atoms with E-state index in [1.54, 1.807) is 20.4 Å². The predicted octanol–water partition coefficient (Wildman–Crippen LogP) is 9.80. The van der Waals surface area contributed by atoms with Gasteiger partial charge >= 0.3 is 0 Å². The van der Waals surface area contributed by atoms with Crippen molar-refractivity contribution in [2.75, 3.05) is 14.2 Å². The Hall–Kier alpha value is -3.34. The van der Waals surface area contributed by atoms with E-state index in [1.165, 1.54) is 0 Å². The Balaban J connectivity index is 1.49. The molecule has 9 heteroatoms. The first-order chi connectivity index (χ1) is 20.4. The van der Waals surface area contributed by atoms with Crippen molar-refractivity contribution in [3.8, 4) is 45.8 Å². The average molecular weight is 845 g/mol. The fourth-order valence-electron chi connectivity index (χ4n) is 4.25. The van der Waals surface area contributed by atoms with Crippen LogP contribution >= 0.6 is 61.1 Å². The summed E-state index contributed by atoms with van der Waals surface area (Å²) in [5.74, 6) is 3.04. The molecule has 0 radical (unpaired) electrons. The van der Waals surface area contributed by atoms with Crippen molar-refractivity contribution in [2.45, 2.75) is 6.61 Å². The number of hydrogen-bond acceptors (Lipinski definition) is 6. The van der Waals surface area contributed by atoms with Gasteiger partial charge in [-0.25, -0.2) is 4.99 Å². The summed E-state index contributed by atoms with van der Waals surface area (Å²) in [4.78, 5) is 4.65. The third kappa shape index (κ3) is 6.82. The third-order valence-corrected chi connectivity index (χ3v) is 8.51. The van der Waals surface area contributed by atoms with Gasteiger partial charge in [0.1, 0.15) is 41.2 Å². The number of benzene rings is 4. The topological polar surface area (TPSA) is 77.0 Å². The van der Waals surface area contributed by atoms with Crippen LogP contribution in [0.1, 0.15) is 16.7 Å². The number of ether oxygens (including phenoxy) is 3. The van der Waals surface area contributed by atoms with Gasteiger partial charge < -0.3 is 18.6 Å². The minimum Gasteiger partial charge on any atom is -0.497 e. The molecule has 0 bridgehead atoms. The first kappa shape index (κ1) is 30.1. The summed E-state index contributed by atoms with van der Waals surface area (Å²) >= 11 is 8.00. The van der Waals surface area contributed by atoms with Crippen LogP contribution in [0, 0.1) is 18.5 Å². The van der Waals surface area contributed by atoms with Crippen LogP contribution in [-0.2, 0) is 6.61 Å². The van der Waals surface area contributed by atoms with E-state index < -0.39 is 0 Å². The Morgan fingerprint density at radius 3 is 1.98 bits per heavy atom. The molecule has 0 spiro atoms. The van der Waals surface area contributed by atoms with Gasteiger partial charge in [-0.2, -0.15) is 5.26 Å². The average Bonchev–Trinajstić information content (AvgIpc) is 3.39. The zero-order valence-corrected chi connectivity index (χ0v) is 28.4. The lowest BCUT2D eigenvalue weighted by Crippen LogP contribution is -2.00. The number of halogens is 3. The fraction of sp³-hybridized carbons (Fsp3) is 0.0909. The highest BCUT2D eigenvalue weighted by Crippen LogP contribution is 2.43. The highest BCUT2D eigenvalue weighted by atomic mass is 127. The van der Waals surface area contributed by atoms with E-state index in [9.17, 15) is 5.26 Å². The zero-order chi connectivity index (χ0) is 29.6. The maximum atomic E-state index is 10.2. The Kier molecular flexibility index (Phi) is 9.87. The summed E-state index contributed by atoms with van der Waals surface area (Å²) in [5.41, 5.74) is 4.57. The number of furan rings is 1. The minimum atomic E-state index is 0.231. The number of aliphatic imine (C=N–C) groups is 1. The number of rotatable bonds is 9. The molecule has 4 aromatic carbocycles. The van der Waals surface area contributed by atoms with Crippen LogP contribution in [0.4, 0.5) is 5.88 Å². The molecule has 0 atom stereocenters. The molecule has 1 aromatic heterocycles. The van der Waals surface area contributed by atoms with Crippen molar-refractivity contribution in [3.05, 3.63) is 113 Å². The van der Waals surface area contributed by atoms with Gasteiger partial charge in [0.05, 0.1) is 21.4 Å². The van der Waals surface area contributed by atoms with Gasteiger partial charge in [-0.1, -0.05) is 40.2 Å². The van der Waals surface area contributed by atoms with Crippen LogP contribution in [0.15, 0.2) is 98.8 Å². The SMILES string of the molecule is COc1ccc(-c2oc(N=Cc3cc(I)c(OCc4ccc(Br)cc4)c(I)c3)c(C#N)c2-c2ccc(OC)cc2)cc1. The lowest BCUT2D eigenvalue weighted by atomic mass is 9.98. The molecule has 0 saturated carbocycles. The van der Waals surface area contributed by atoms with Crippen molar-refractivity contribution in [2.24, 2.45) is 4.99 Å². The molecule has 0 unspecified atom stereocenters. The van der Waals surface area contributed by atoms with Gasteiger partial charge in [-0.3, -0.25) is 0 Å². The van der Waals surface area contributed by atoms with Crippen LogP contribution in [0.3, 0.4) is 0 Å². The second-order valence-corrected chi connectivity index (χ2v) is 12.3. The van der Waals surface area contributed by atoms with E-state index in [-0.39, 0.29) is 5.88 Å². The Morgan fingerprint density at radius 1 is 0.857 bits per heavy atom. The summed E-state index contributed by atoms with van der Waals surface area (Å²) in [5, 5.41) is 10.2. The van der Waals surface area contributed by atoms with Crippen LogP contribution in [0.2, 0.25) is 0 Å². The summed E-state index contributed by atoms with van der Waals surface area (Å²) in [6.45, 7) is 0.465. The standard InChI is InChI=1S/C33H23BrI2N2O4/c1-39-25-11-5-22(6-12-25)30-27(17-37)33(42-31(30)23-7-13-26(40-2)14-8-23)38-18-21-15-28(35)32(29(36)16-21)41-19-20-3-9-24(34)10-4-20/h3-16,18H,19H2,1-2H3. The number of hydrogen-bond donors (Lipinski definition) is 0. The van der Waals surface area contributed by atoms with Gasteiger partial charge in [-0.05, 0) is 123 Å². The molecule has 0 aliphatic heterocycles. The van der Waals surface area contributed by atoms with E-state index >= 15 is 0 Å². The molecule has 6 nitrogen and oxygen atoms in total. The second-order valence-electron chi connectivity index (χ2n) is 9.04. The number of nitrogens with zero attached hydrogens (tertiary/aromatic N) is 2. The first-order valence-corrected chi connectivity index (χ1v) is 15.6. The van der Waals surface area contributed by atoms with Gasteiger partial charge in [0.25, 0.3) is 0 Å². The largest absolute Gasteiger partial charge is 0.497 e. The molecule has 1 heterocycles. The van der Waals surface area contributed by atoms with Crippen molar-refractivity contribution < 1.29 is 18.6 Å². The van der Waals surface area contributed by atoms with Crippen molar-refractivity contribution in [1.29, 1.82) is 5.26 Å². The lowest BCUT2D eigenvalue weighted by Gasteiger charge is -2.11. The number of methoxy groups -OCH3 is 2. The molecule has 5 aromatic rings. The normalized spacial score (nSPS) is 11.0. The number of nitriles is 1. The van der Waals surface area contributed by atoms with Gasteiger partial charge in [0.2, 0.25) is 5.88 Å². The van der Waals surface area contributed by atoms with Crippen LogP contribution in [0.5, 0.6) is 17.2 Å². The first-order valence-electron chi connectivity index (χ1n) is 12.7. The van der Waals surface area contributed by atoms with Gasteiger partial charge in [-0.15, -0.1) is 0 Å². The summed E-state index contributed by atoms with van der Waals surface area (Å²) < 4.78 is 26.0. The fourth-order valence-corrected chi connectivity index (χ4v) is 6.65. The van der Waals surface area contributed by atoms with E-state index in [0.29, 0.717) is 23.5 Å². The monoisotopic (exact) mass is 844 g/mol. The van der Waals surface area contributed by atoms with Crippen molar-refractivity contribution in [3.63, 3.8) is 0 Å².